The molecule has 0 aliphatic heterocycles. The van der Waals surface area contributed by atoms with Crippen molar-refractivity contribution in [1.29, 1.82) is 0 Å². The summed E-state index contributed by atoms with van der Waals surface area (Å²) in [5.74, 6) is -0.0457. The zero-order valence-electron chi connectivity index (χ0n) is 7.89. The van der Waals surface area contributed by atoms with E-state index in [4.69, 9.17) is 11.6 Å². The molecular weight excluding hydrogens is 190 g/mol. The van der Waals surface area contributed by atoms with Crippen LogP contribution in [0.3, 0.4) is 0 Å². The summed E-state index contributed by atoms with van der Waals surface area (Å²) in [5.41, 5.74) is 1.15. The highest BCUT2D eigenvalue weighted by Gasteiger charge is 2.17. The molecule has 1 aromatic rings. The van der Waals surface area contributed by atoms with Crippen LogP contribution in [-0.4, -0.2) is 29.2 Å². The summed E-state index contributed by atoms with van der Waals surface area (Å²) >= 11 is 5.91. The quantitative estimate of drug-likeness (QED) is 0.736. The van der Waals surface area contributed by atoms with Crippen LogP contribution in [-0.2, 0) is 7.05 Å². The summed E-state index contributed by atoms with van der Waals surface area (Å²) in [6.45, 7) is 2.05. The van der Waals surface area contributed by atoms with Crippen molar-refractivity contribution in [3.8, 4) is 0 Å². The van der Waals surface area contributed by atoms with E-state index in [2.05, 4.69) is 10.4 Å². The fourth-order valence-electron chi connectivity index (χ4n) is 1.18. The van der Waals surface area contributed by atoms with Gasteiger partial charge in [-0.3, -0.25) is 9.48 Å². The van der Waals surface area contributed by atoms with Gasteiger partial charge in [0.1, 0.15) is 5.69 Å². The highest BCUT2D eigenvalue weighted by atomic mass is 35.5. The second-order valence-electron chi connectivity index (χ2n) is 2.83. The first-order chi connectivity index (χ1) is 6.07. The van der Waals surface area contributed by atoms with Gasteiger partial charge in [0.25, 0.3) is 0 Å². The van der Waals surface area contributed by atoms with E-state index < -0.39 is 0 Å². The van der Waals surface area contributed by atoms with E-state index in [0.29, 0.717) is 16.4 Å². The van der Waals surface area contributed by atoms with Crippen LogP contribution in [0.2, 0.25) is 5.02 Å². The molecule has 0 amide bonds. The average molecular weight is 202 g/mol. The third-order valence-corrected chi connectivity index (χ3v) is 2.20. The molecule has 5 heteroatoms. The minimum atomic E-state index is -0.0457. The summed E-state index contributed by atoms with van der Waals surface area (Å²) in [6.07, 6.45) is 0. The monoisotopic (exact) mass is 201 g/mol. The highest BCUT2D eigenvalue weighted by molar-refractivity contribution is 6.34. The SMILES string of the molecule is CNCC(=O)c1c(Cl)c(C)nn1C. The number of hydrogen-bond donors (Lipinski definition) is 1. The Morgan fingerprint density at radius 1 is 1.69 bits per heavy atom. The summed E-state index contributed by atoms with van der Waals surface area (Å²) < 4.78 is 1.51. The Morgan fingerprint density at radius 2 is 2.31 bits per heavy atom. The van der Waals surface area contributed by atoms with Crippen LogP contribution in [0.5, 0.6) is 0 Å². The van der Waals surface area contributed by atoms with Gasteiger partial charge in [-0.15, -0.1) is 0 Å². The number of nitrogens with zero attached hydrogens (tertiary/aromatic N) is 2. The first kappa shape index (κ1) is 10.2. The molecule has 1 N–H and O–H groups in total. The van der Waals surface area contributed by atoms with Crippen molar-refractivity contribution in [2.45, 2.75) is 6.92 Å². The molecule has 0 unspecified atom stereocenters. The fourth-order valence-corrected chi connectivity index (χ4v) is 1.44. The lowest BCUT2D eigenvalue weighted by Gasteiger charge is -2.00. The van der Waals surface area contributed by atoms with Crippen molar-refractivity contribution in [2.75, 3.05) is 13.6 Å². The number of Topliss-reactive ketones (excluding diaryl/α,β-unsaturated/α-hetero) is 1. The van der Waals surface area contributed by atoms with Crippen molar-refractivity contribution in [3.63, 3.8) is 0 Å². The Balaban J connectivity index is 3.06. The Labute approximate surface area is 81.9 Å². The first-order valence-electron chi connectivity index (χ1n) is 3.94. The molecular formula is C8H12ClN3O. The predicted molar refractivity (Wildman–Crippen MR) is 51.2 cm³/mol. The number of nitrogens with one attached hydrogen (secondary N) is 1. The first-order valence-corrected chi connectivity index (χ1v) is 4.32. The largest absolute Gasteiger partial charge is 0.313 e. The second-order valence-corrected chi connectivity index (χ2v) is 3.20. The third-order valence-electron chi connectivity index (χ3n) is 1.75. The number of hydrogen-bond acceptors (Lipinski definition) is 3. The van der Waals surface area contributed by atoms with Crippen molar-refractivity contribution in [2.24, 2.45) is 7.05 Å². The van der Waals surface area contributed by atoms with Gasteiger partial charge in [0.15, 0.2) is 5.78 Å². The lowest BCUT2D eigenvalue weighted by molar-refractivity contribution is 0.0985. The Bertz CT molecular complexity index is 332. The Hall–Kier alpha value is -0.870. The number of rotatable bonds is 3. The summed E-state index contributed by atoms with van der Waals surface area (Å²) in [5, 5.41) is 7.28. The van der Waals surface area contributed by atoms with Gasteiger partial charge in [-0.1, -0.05) is 11.6 Å². The predicted octanol–water partition coefficient (Wildman–Crippen LogP) is 0.784. The molecule has 72 valence electrons. The van der Waals surface area contributed by atoms with Gasteiger partial charge in [-0.25, -0.2) is 0 Å². The summed E-state index contributed by atoms with van der Waals surface area (Å²) in [7, 11) is 3.43. The van der Waals surface area contributed by atoms with Gasteiger partial charge in [0.2, 0.25) is 0 Å². The Morgan fingerprint density at radius 3 is 2.69 bits per heavy atom. The lowest BCUT2D eigenvalue weighted by atomic mass is 10.2. The fraction of sp³-hybridized carbons (Fsp3) is 0.500. The van der Waals surface area contributed by atoms with Gasteiger partial charge < -0.3 is 5.32 Å². The molecule has 1 aromatic heterocycles. The molecule has 0 aromatic carbocycles. The second kappa shape index (κ2) is 3.89. The lowest BCUT2D eigenvalue weighted by Crippen LogP contribution is -2.21. The van der Waals surface area contributed by atoms with Gasteiger partial charge in [0.05, 0.1) is 17.3 Å². The number of carbonyl (C=O) groups is 1. The van der Waals surface area contributed by atoms with Crippen LogP contribution in [0, 0.1) is 6.92 Å². The number of aryl methyl sites for hydroxylation is 2. The number of halogens is 1. The summed E-state index contributed by atoms with van der Waals surface area (Å²) in [4.78, 5) is 11.5. The topological polar surface area (TPSA) is 46.9 Å². The molecule has 0 aliphatic carbocycles. The van der Waals surface area contributed by atoms with Crippen LogP contribution in [0.25, 0.3) is 0 Å². The van der Waals surface area contributed by atoms with Gasteiger partial charge >= 0.3 is 0 Å². The zero-order chi connectivity index (χ0) is 10.0. The minimum Gasteiger partial charge on any atom is -0.313 e. The molecule has 0 aliphatic rings. The molecule has 0 saturated carbocycles. The maximum absolute atomic E-state index is 11.5. The zero-order valence-corrected chi connectivity index (χ0v) is 8.64. The molecule has 0 radical (unpaired) electrons. The normalized spacial score (nSPS) is 10.5. The minimum absolute atomic E-state index is 0.0457. The average Bonchev–Trinajstić information content (AvgIpc) is 2.27. The van der Waals surface area contributed by atoms with Crippen molar-refractivity contribution in [3.05, 3.63) is 16.4 Å². The Kier molecular flexibility index (Phi) is 3.06. The van der Waals surface area contributed by atoms with E-state index in [1.807, 2.05) is 0 Å². The van der Waals surface area contributed by atoms with E-state index in [9.17, 15) is 4.79 Å². The number of aromatic nitrogens is 2. The van der Waals surface area contributed by atoms with Crippen LogP contribution >= 0.6 is 11.6 Å². The number of ketones is 1. The van der Waals surface area contributed by atoms with Gasteiger partial charge in [0, 0.05) is 7.05 Å². The smallest absolute Gasteiger partial charge is 0.196 e. The van der Waals surface area contributed by atoms with E-state index in [0.717, 1.165) is 0 Å². The van der Waals surface area contributed by atoms with Crippen molar-refractivity contribution >= 4 is 17.4 Å². The molecule has 1 heterocycles. The molecule has 0 spiro atoms. The maximum atomic E-state index is 11.5. The van der Waals surface area contributed by atoms with E-state index in [1.165, 1.54) is 4.68 Å². The highest BCUT2D eigenvalue weighted by Crippen LogP contribution is 2.19. The van der Waals surface area contributed by atoms with Crippen LogP contribution in [0.4, 0.5) is 0 Å². The van der Waals surface area contributed by atoms with Crippen molar-refractivity contribution in [1.82, 2.24) is 15.1 Å². The van der Waals surface area contributed by atoms with Crippen molar-refractivity contribution < 1.29 is 4.79 Å². The van der Waals surface area contributed by atoms with E-state index >= 15 is 0 Å². The van der Waals surface area contributed by atoms with Crippen LogP contribution < -0.4 is 5.32 Å². The maximum Gasteiger partial charge on any atom is 0.196 e. The van der Waals surface area contributed by atoms with Gasteiger partial charge in [-0.05, 0) is 14.0 Å². The van der Waals surface area contributed by atoms with Crippen LogP contribution in [0.15, 0.2) is 0 Å². The number of carbonyl (C=O) groups excluding carboxylic acids is 1. The molecule has 4 nitrogen and oxygen atoms in total. The molecule has 0 fully saturated rings. The molecule has 1 rings (SSSR count). The molecule has 0 bridgehead atoms. The van der Waals surface area contributed by atoms with E-state index in [-0.39, 0.29) is 12.3 Å². The molecule has 13 heavy (non-hydrogen) atoms. The molecule has 0 saturated heterocycles. The van der Waals surface area contributed by atoms with Gasteiger partial charge in [-0.2, -0.15) is 5.10 Å². The van der Waals surface area contributed by atoms with Crippen LogP contribution in [0.1, 0.15) is 16.2 Å². The standard InChI is InChI=1S/C8H12ClN3O/c1-5-7(9)8(12(3)11-5)6(13)4-10-2/h10H,4H2,1-3H3. The summed E-state index contributed by atoms with van der Waals surface area (Å²) in [6, 6.07) is 0. The molecule has 0 atom stereocenters. The third kappa shape index (κ3) is 1.89. The number of likely N-dealkylation sites (N-methyl/N-ethyl adjacent to an activating group) is 1. The van der Waals surface area contributed by atoms with E-state index in [1.54, 1.807) is 21.0 Å².